The molecule has 0 radical (unpaired) electrons. The number of aliphatic hydroxyl groups is 1. The van der Waals surface area contributed by atoms with Crippen molar-refractivity contribution in [2.45, 2.75) is 18.9 Å². The molecule has 0 saturated heterocycles. The first-order valence-electron chi connectivity index (χ1n) is 6.21. The van der Waals surface area contributed by atoms with Crippen molar-refractivity contribution in [3.05, 3.63) is 35.9 Å². The summed E-state index contributed by atoms with van der Waals surface area (Å²) in [6.45, 7) is -0.333. The number of ether oxygens (including phenoxy) is 1. The highest BCUT2D eigenvalue weighted by Crippen LogP contribution is 2.13. The highest BCUT2D eigenvalue weighted by molar-refractivity contribution is 7.89. The molecule has 6 nitrogen and oxygen atoms in total. The summed E-state index contributed by atoms with van der Waals surface area (Å²) in [4.78, 5) is 10.9. The van der Waals surface area contributed by atoms with Gasteiger partial charge in [-0.2, -0.15) is 0 Å². The standard InChI is InChI=1S/C13H19NO5S/c1-19-13(16)8-5-9-20(17,18)14-12(10-15)11-6-3-2-4-7-11/h2-4,6-7,12,14-15H,5,8-10H2,1H3. The summed E-state index contributed by atoms with van der Waals surface area (Å²) in [5, 5.41) is 9.29. The van der Waals surface area contributed by atoms with E-state index < -0.39 is 22.0 Å². The molecule has 0 aromatic heterocycles. The summed E-state index contributed by atoms with van der Waals surface area (Å²) < 4.78 is 30.6. The van der Waals surface area contributed by atoms with Crippen LogP contribution in [0.3, 0.4) is 0 Å². The molecule has 1 unspecified atom stereocenters. The van der Waals surface area contributed by atoms with Crippen LogP contribution >= 0.6 is 0 Å². The van der Waals surface area contributed by atoms with Crippen LogP contribution < -0.4 is 4.72 Å². The van der Waals surface area contributed by atoms with Crippen LogP contribution in [0.25, 0.3) is 0 Å². The van der Waals surface area contributed by atoms with E-state index in [0.717, 1.165) is 0 Å². The van der Waals surface area contributed by atoms with E-state index >= 15 is 0 Å². The second kappa shape index (κ2) is 7.98. The van der Waals surface area contributed by atoms with Crippen molar-refractivity contribution < 1.29 is 23.1 Å². The maximum absolute atomic E-state index is 11.9. The van der Waals surface area contributed by atoms with Gasteiger partial charge in [0.25, 0.3) is 0 Å². The molecule has 0 aliphatic carbocycles. The average molecular weight is 301 g/mol. The maximum atomic E-state index is 11.9. The molecule has 1 aromatic carbocycles. The van der Waals surface area contributed by atoms with Gasteiger partial charge in [0.1, 0.15) is 0 Å². The molecule has 0 aliphatic rings. The first-order chi connectivity index (χ1) is 9.48. The summed E-state index contributed by atoms with van der Waals surface area (Å²) in [5.41, 5.74) is 0.687. The lowest BCUT2D eigenvalue weighted by molar-refractivity contribution is -0.140. The largest absolute Gasteiger partial charge is 0.469 e. The lowest BCUT2D eigenvalue weighted by Crippen LogP contribution is -2.32. The SMILES string of the molecule is COC(=O)CCCS(=O)(=O)NC(CO)c1ccccc1. The molecular weight excluding hydrogens is 282 g/mol. The van der Waals surface area contributed by atoms with Gasteiger partial charge in [-0.3, -0.25) is 4.79 Å². The van der Waals surface area contributed by atoms with Crippen LogP contribution in [0.1, 0.15) is 24.4 Å². The van der Waals surface area contributed by atoms with Crippen LogP contribution in [0, 0.1) is 0 Å². The smallest absolute Gasteiger partial charge is 0.305 e. The Bertz CT molecular complexity index is 515. The van der Waals surface area contributed by atoms with Crippen molar-refractivity contribution in [1.29, 1.82) is 0 Å². The molecule has 0 aliphatic heterocycles. The Balaban J connectivity index is 2.58. The van der Waals surface area contributed by atoms with Gasteiger partial charge in [0.05, 0.1) is 25.5 Å². The van der Waals surface area contributed by atoms with Gasteiger partial charge in [0.2, 0.25) is 10.0 Å². The fourth-order valence-electron chi connectivity index (χ4n) is 1.68. The summed E-state index contributed by atoms with van der Waals surface area (Å²) in [6, 6.07) is 8.13. The number of esters is 1. The molecule has 0 fully saturated rings. The Hall–Kier alpha value is -1.44. The highest BCUT2D eigenvalue weighted by atomic mass is 32.2. The number of carbonyl (C=O) groups is 1. The van der Waals surface area contributed by atoms with E-state index in [1.54, 1.807) is 24.3 Å². The van der Waals surface area contributed by atoms with Gasteiger partial charge < -0.3 is 9.84 Å². The van der Waals surface area contributed by atoms with Gasteiger partial charge in [-0.15, -0.1) is 0 Å². The van der Waals surface area contributed by atoms with E-state index in [4.69, 9.17) is 0 Å². The highest BCUT2D eigenvalue weighted by Gasteiger charge is 2.18. The Labute approximate surface area is 118 Å². The topological polar surface area (TPSA) is 92.7 Å². The number of methoxy groups -OCH3 is 1. The molecular formula is C13H19NO5S. The number of hydrogen-bond acceptors (Lipinski definition) is 5. The number of hydrogen-bond donors (Lipinski definition) is 2. The average Bonchev–Trinajstić information content (AvgIpc) is 2.45. The molecule has 1 aromatic rings. The predicted octanol–water partition coefficient (Wildman–Crippen LogP) is 0.593. The lowest BCUT2D eigenvalue weighted by Gasteiger charge is -2.16. The molecule has 0 heterocycles. The predicted molar refractivity (Wildman–Crippen MR) is 74.4 cm³/mol. The quantitative estimate of drug-likeness (QED) is 0.686. The molecule has 1 atom stereocenters. The summed E-state index contributed by atoms with van der Waals surface area (Å²) >= 11 is 0. The molecule has 7 heteroatoms. The minimum absolute atomic E-state index is 0.0482. The van der Waals surface area contributed by atoms with Crippen molar-refractivity contribution in [1.82, 2.24) is 4.72 Å². The minimum Gasteiger partial charge on any atom is -0.469 e. The zero-order chi connectivity index (χ0) is 15.0. The Morgan fingerprint density at radius 3 is 2.55 bits per heavy atom. The third-order valence-corrected chi connectivity index (χ3v) is 4.20. The van der Waals surface area contributed by atoms with Crippen LogP contribution in [-0.4, -0.2) is 39.0 Å². The third kappa shape index (κ3) is 5.68. The second-order valence-corrected chi connectivity index (χ2v) is 6.14. The van der Waals surface area contributed by atoms with Crippen LogP contribution in [-0.2, 0) is 19.6 Å². The van der Waals surface area contributed by atoms with Gasteiger partial charge >= 0.3 is 5.97 Å². The summed E-state index contributed by atoms with van der Waals surface area (Å²) in [5.74, 6) is -0.632. The molecule has 20 heavy (non-hydrogen) atoms. The zero-order valence-corrected chi connectivity index (χ0v) is 12.1. The number of aliphatic hydroxyl groups excluding tert-OH is 1. The van der Waals surface area contributed by atoms with Gasteiger partial charge in [0, 0.05) is 6.42 Å². The summed E-state index contributed by atoms with van der Waals surface area (Å²) in [6.07, 6.45) is 0.224. The van der Waals surface area contributed by atoms with Gasteiger partial charge in [-0.1, -0.05) is 30.3 Å². The fourth-order valence-corrected chi connectivity index (χ4v) is 2.97. The Morgan fingerprint density at radius 1 is 1.35 bits per heavy atom. The first-order valence-corrected chi connectivity index (χ1v) is 7.86. The van der Waals surface area contributed by atoms with E-state index in [2.05, 4.69) is 9.46 Å². The van der Waals surface area contributed by atoms with E-state index in [9.17, 15) is 18.3 Å². The fraction of sp³-hybridized carbons (Fsp3) is 0.462. The monoisotopic (exact) mass is 301 g/mol. The van der Waals surface area contributed by atoms with Crippen LogP contribution in [0.5, 0.6) is 0 Å². The van der Waals surface area contributed by atoms with Gasteiger partial charge in [0.15, 0.2) is 0 Å². The maximum Gasteiger partial charge on any atom is 0.305 e. The van der Waals surface area contributed by atoms with E-state index in [0.29, 0.717) is 5.56 Å². The molecule has 112 valence electrons. The van der Waals surface area contributed by atoms with Gasteiger partial charge in [-0.05, 0) is 12.0 Å². The van der Waals surface area contributed by atoms with E-state index in [-0.39, 0.29) is 25.2 Å². The van der Waals surface area contributed by atoms with Crippen LogP contribution in [0.4, 0.5) is 0 Å². The number of nitrogens with one attached hydrogen (secondary N) is 1. The Kier molecular flexibility index (Phi) is 6.63. The number of carbonyl (C=O) groups excluding carboxylic acids is 1. The van der Waals surface area contributed by atoms with Gasteiger partial charge in [-0.25, -0.2) is 13.1 Å². The van der Waals surface area contributed by atoms with Crippen LogP contribution in [0.15, 0.2) is 30.3 Å². The molecule has 0 amide bonds. The molecule has 2 N–H and O–H groups in total. The van der Waals surface area contributed by atoms with E-state index in [1.807, 2.05) is 6.07 Å². The first kappa shape index (κ1) is 16.6. The molecule has 1 rings (SSSR count). The van der Waals surface area contributed by atoms with Crippen molar-refractivity contribution in [2.75, 3.05) is 19.5 Å². The van der Waals surface area contributed by atoms with E-state index in [1.165, 1.54) is 7.11 Å². The second-order valence-electron chi connectivity index (χ2n) is 4.26. The normalized spacial score (nSPS) is 12.9. The summed E-state index contributed by atoms with van der Waals surface area (Å²) in [7, 11) is -2.31. The molecule has 0 saturated carbocycles. The Morgan fingerprint density at radius 2 is 2.00 bits per heavy atom. The minimum atomic E-state index is -3.56. The van der Waals surface area contributed by atoms with Crippen molar-refractivity contribution in [2.24, 2.45) is 0 Å². The third-order valence-electron chi connectivity index (χ3n) is 2.73. The van der Waals surface area contributed by atoms with Crippen LogP contribution in [0.2, 0.25) is 0 Å². The van der Waals surface area contributed by atoms with Crippen molar-refractivity contribution in [3.8, 4) is 0 Å². The number of sulfonamides is 1. The number of rotatable bonds is 8. The number of benzene rings is 1. The molecule has 0 bridgehead atoms. The van der Waals surface area contributed by atoms with Crippen molar-refractivity contribution in [3.63, 3.8) is 0 Å². The molecule has 0 spiro atoms. The zero-order valence-electron chi connectivity index (χ0n) is 11.3. The van der Waals surface area contributed by atoms with Crippen molar-refractivity contribution >= 4 is 16.0 Å². The lowest BCUT2D eigenvalue weighted by atomic mass is 10.1.